The normalized spacial score (nSPS) is 12.5. The zero-order valence-electron chi connectivity index (χ0n) is 16.4. The number of nitrogens with one attached hydrogen (secondary N) is 1. The highest BCUT2D eigenvalue weighted by Crippen LogP contribution is 2.31. The zero-order chi connectivity index (χ0) is 22.6. The van der Waals surface area contributed by atoms with E-state index in [1.165, 1.54) is 18.3 Å². The van der Waals surface area contributed by atoms with Gasteiger partial charge in [-0.3, -0.25) is 4.79 Å². The average molecular weight is 454 g/mol. The van der Waals surface area contributed by atoms with Crippen LogP contribution in [0, 0.1) is 6.92 Å². The molecule has 1 heterocycles. The Morgan fingerprint density at radius 3 is 2.71 bits per heavy atom. The molecule has 3 rings (SSSR count). The Bertz CT molecular complexity index is 1070. The number of nitrogens with zero attached hydrogens (tertiary/aromatic N) is 2. The van der Waals surface area contributed by atoms with Crippen molar-refractivity contribution >= 4 is 17.5 Å². The summed E-state index contributed by atoms with van der Waals surface area (Å²) in [6, 6.07) is 11.3. The first kappa shape index (κ1) is 22.6. The highest BCUT2D eigenvalue weighted by atomic mass is 35.5. The van der Waals surface area contributed by atoms with E-state index in [0.717, 1.165) is 12.1 Å². The van der Waals surface area contributed by atoms with Gasteiger partial charge in [0.15, 0.2) is 0 Å². The third-order valence-electron chi connectivity index (χ3n) is 4.41. The van der Waals surface area contributed by atoms with Gasteiger partial charge in [0, 0.05) is 11.6 Å². The first-order valence-electron chi connectivity index (χ1n) is 9.22. The van der Waals surface area contributed by atoms with Crippen molar-refractivity contribution in [3.8, 4) is 11.4 Å². The number of hydrogen-bond acceptors (Lipinski definition) is 4. The maximum atomic E-state index is 12.7. The summed E-state index contributed by atoms with van der Waals surface area (Å²) in [6.07, 6.45) is -4.21. The van der Waals surface area contributed by atoms with Crippen LogP contribution in [0.5, 0.6) is 5.75 Å². The summed E-state index contributed by atoms with van der Waals surface area (Å²) in [6.45, 7) is 1.28. The zero-order valence-corrected chi connectivity index (χ0v) is 17.1. The molecule has 0 aliphatic heterocycles. The van der Waals surface area contributed by atoms with Crippen molar-refractivity contribution in [1.29, 1.82) is 0 Å². The third kappa shape index (κ3) is 5.77. The number of alkyl halides is 3. The van der Waals surface area contributed by atoms with Gasteiger partial charge in [-0.05, 0) is 43.3 Å². The SMILES string of the molecule is Cc1c(C(=O)NCC(O)COc2cccc(C(F)(F)F)c2)cnn1-c1cccc(Cl)c1. The number of carbonyl (C=O) groups is 1. The molecule has 0 spiro atoms. The number of rotatable bonds is 7. The van der Waals surface area contributed by atoms with Crippen molar-refractivity contribution in [2.75, 3.05) is 13.2 Å². The largest absolute Gasteiger partial charge is 0.491 e. The van der Waals surface area contributed by atoms with Crippen molar-refractivity contribution in [1.82, 2.24) is 15.1 Å². The molecule has 1 amide bonds. The van der Waals surface area contributed by atoms with Gasteiger partial charge in [-0.1, -0.05) is 23.7 Å². The van der Waals surface area contributed by atoms with Crippen LogP contribution in [0.2, 0.25) is 5.02 Å². The van der Waals surface area contributed by atoms with Crippen LogP contribution < -0.4 is 10.1 Å². The lowest BCUT2D eigenvalue weighted by Gasteiger charge is -2.14. The Morgan fingerprint density at radius 2 is 2.00 bits per heavy atom. The maximum absolute atomic E-state index is 12.7. The first-order chi connectivity index (χ1) is 14.6. The summed E-state index contributed by atoms with van der Waals surface area (Å²) in [7, 11) is 0. The average Bonchev–Trinajstić information content (AvgIpc) is 3.11. The van der Waals surface area contributed by atoms with E-state index in [0.29, 0.717) is 22.0 Å². The van der Waals surface area contributed by atoms with Crippen molar-refractivity contribution in [2.24, 2.45) is 0 Å². The van der Waals surface area contributed by atoms with Crippen molar-refractivity contribution in [3.05, 3.63) is 76.6 Å². The topological polar surface area (TPSA) is 76.4 Å². The van der Waals surface area contributed by atoms with E-state index in [4.69, 9.17) is 16.3 Å². The van der Waals surface area contributed by atoms with Gasteiger partial charge in [0.05, 0.1) is 28.7 Å². The van der Waals surface area contributed by atoms with Crippen LogP contribution in [0.3, 0.4) is 0 Å². The number of aliphatic hydroxyl groups is 1. The van der Waals surface area contributed by atoms with Crippen molar-refractivity contribution in [3.63, 3.8) is 0 Å². The number of ether oxygens (including phenoxy) is 1. The fraction of sp³-hybridized carbons (Fsp3) is 0.238. The lowest BCUT2D eigenvalue weighted by Crippen LogP contribution is -2.35. The molecule has 0 aliphatic rings. The molecule has 0 saturated carbocycles. The summed E-state index contributed by atoms with van der Waals surface area (Å²) >= 11 is 5.99. The molecule has 6 nitrogen and oxygen atoms in total. The number of hydrogen-bond donors (Lipinski definition) is 2. The molecule has 3 aromatic rings. The summed E-state index contributed by atoms with van der Waals surface area (Å²) in [5.41, 5.74) is 0.735. The summed E-state index contributed by atoms with van der Waals surface area (Å²) in [4.78, 5) is 12.4. The second-order valence-corrected chi connectivity index (χ2v) is 7.17. The van der Waals surface area contributed by atoms with Gasteiger partial charge >= 0.3 is 6.18 Å². The van der Waals surface area contributed by atoms with E-state index in [2.05, 4.69) is 10.4 Å². The second-order valence-electron chi connectivity index (χ2n) is 6.74. The van der Waals surface area contributed by atoms with E-state index in [9.17, 15) is 23.1 Å². The molecule has 1 aromatic heterocycles. The lowest BCUT2D eigenvalue weighted by atomic mass is 10.2. The summed E-state index contributed by atoms with van der Waals surface area (Å²) in [5, 5.41) is 17.3. The number of amides is 1. The fourth-order valence-electron chi connectivity index (χ4n) is 2.82. The predicted molar refractivity (Wildman–Crippen MR) is 109 cm³/mol. The Kier molecular flexibility index (Phi) is 6.87. The van der Waals surface area contributed by atoms with E-state index >= 15 is 0 Å². The smallest absolute Gasteiger partial charge is 0.416 e. The molecule has 1 unspecified atom stereocenters. The minimum Gasteiger partial charge on any atom is -0.491 e. The summed E-state index contributed by atoms with van der Waals surface area (Å²) in [5.74, 6) is -0.484. The fourth-order valence-corrected chi connectivity index (χ4v) is 3.00. The van der Waals surface area contributed by atoms with E-state index < -0.39 is 23.8 Å². The molecule has 0 bridgehead atoms. The van der Waals surface area contributed by atoms with Crippen LogP contribution in [0.1, 0.15) is 21.6 Å². The highest BCUT2D eigenvalue weighted by molar-refractivity contribution is 6.30. The number of aromatic nitrogens is 2. The van der Waals surface area contributed by atoms with Gasteiger partial charge in [-0.2, -0.15) is 18.3 Å². The van der Waals surface area contributed by atoms with Crippen LogP contribution in [-0.2, 0) is 6.18 Å². The molecular weight excluding hydrogens is 435 g/mol. The Labute approximate surface area is 181 Å². The molecule has 0 saturated heterocycles. The van der Waals surface area contributed by atoms with Crippen LogP contribution in [-0.4, -0.2) is 40.0 Å². The van der Waals surface area contributed by atoms with Crippen molar-refractivity contribution < 1.29 is 27.8 Å². The number of halogens is 4. The molecule has 1 atom stereocenters. The molecule has 2 N–H and O–H groups in total. The Hall–Kier alpha value is -3.04. The maximum Gasteiger partial charge on any atom is 0.416 e. The van der Waals surface area contributed by atoms with Gasteiger partial charge in [-0.25, -0.2) is 4.68 Å². The lowest BCUT2D eigenvalue weighted by molar-refractivity contribution is -0.137. The van der Waals surface area contributed by atoms with Gasteiger partial charge < -0.3 is 15.2 Å². The molecule has 2 aromatic carbocycles. The van der Waals surface area contributed by atoms with Gasteiger partial charge in [0.25, 0.3) is 5.91 Å². The van der Waals surface area contributed by atoms with E-state index in [1.807, 2.05) is 0 Å². The number of aliphatic hydroxyl groups excluding tert-OH is 1. The molecule has 10 heteroatoms. The number of benzene rings is 2. The van der Waals surface area contributed by atoms with Gasteiger partial charge in [-0.15, -0.1) is 0 Å². The van der Waals surface area contributed by atoms with Crippen molar-refractivity contribution in [2.45, 2.75) is 19.2 Å². The monoisotopic (exact) mass is 453 g/mol. The predicted octanol–water partition coefficient (Wildman–Crippen LogP) is 4.02. The number of carbonyl (C=O) groups excluding carboxylic acids is 1. The van der Waals surface area contributed by atoms with E-state index in [1.54, 1.807) is 35.9 Å². The quantitative estimate of drug-likeness (QED) is 0.566. The van der Waals surface area contributed by atoms with Crippen LogP contribution in [0.4, 0.5) is 13.2 Å². The standard InChI is InChI=1S/C21H19ClF3N3O3/c1-13-19(11-27-28(13)16-6-3-5-15(22)9-16)20(30)26-10-17(29)12-31-18-7-2-4-14(8-18)21(23,24)25/h2-9,11,17,29H,10,12H2,1H3,(H,26,30). The molecule has 0 radical (unpaired) electrons. The molecular formula is C21H19ClF3N3O3. The molecule has 0 aliphatic carbocycles. The van der Waals surface area contributed by atoms with Gasteiger partial charge in [0.1, 0.15) is 18.5 Å². The minimum absolute atomic E-state index is 0.0288. The second kappa shape index (κ2) is 9.40. The van der Waals surface area contributed by atoms with Crippen LogP contribution in [0.15, 0.2) is 54.7 Å². The highest BCUT2D eigenvalue weighted by Gasteiger charge is 2.30. The molecule has 31 heavy (non-hydrogen) atoms. The first-order valence-corrected chi connectivity index (χ1v) is 9.60. The Balaban J connectivity index is 1.55. The van der Waals surface area contributed by atoms with Crippen LogP contribution in [0.25, 0.3) is 5.69 Å². The minimum atomic E-state index is -4.49. The molecule has 164 valence electrons. The Morgan fingerprint density at radius 1 is 1.26 bits per heavy atom. The third-order valence-corrected chi connectivity index (χ3v) is 4.64. The van der Waals surface area contributed by atoms with E-state index in [-0.39, 0.29) is 18.9 Å². The summed E-state index contributed by atoms with van der Waals surface area (Å²) < 4.78 is 45.0. The molecule has 0 fully saturated rings. The van der Waals surface area contributed by atoms with Gasteiger partial charge in [0.2, 0.25) is 0 Å². The van der Waals surface area contributed by atoms with Crippen LogP contribution >= 0.6 is 11.6 Å².